The molecule has 0 saturated carbocycles. The SMILES string of the molecule is CC1=N[NH+](CC(=O)N[C@H](C)[C@H](Cc2ccc(Cl)cc2)c2ccc(Cl)cc2)C=C1.O=C([O-])C(F)(F)F. The monoisotopic (exact) mass is 529 g/mol. The molecule has 2 aromatic carbocycles. The second-order valence-electron chi connectivity index (χ2n) is 7.88. The van der Waals surface area contributed by atoms with E-state index in [0.717, 1.165) is 22.7 Å². The fourth-order valence-electron chi connectivity index (χ4n) is 3.35. The molecule has 6 nitrogen and oxygen atoms in total. The van der Waals surface area contributed by atoms with Crippen LogP contribution in [0.3, 0.4) is 0 Å². The lowest BCUT2D eigenvalue weighted by atomic mass is 9.86. The number of amides is 1. The third-order valence-electron chi connectivity index (χ3n) is 5.07. The van der Waals surface area contributed by atoms with Gasteiger partial charge in [-0.05, 0) is 55.7 Å². The van der Waals surface area contributed by atoms with E-state index >= 15 is 0 Å². The van der Waals surface area contributed by atoms with Gasteiger partial charge in [0, 0.05) is 28.1 Å². The number of carbonyl (C=O) groups is 2. The molecule has 0 aliphatic carbocycles. The van der Waals surface area contributed by atoms with Crippen LogP contribution in [0.2, 0.25) is 10.0 Å². The minimum absolute atomic E-state index is 0.0272. The summed E-state index contributed by atoms with van der Waals surface area (Å²) in [7, 11) is 0. The van der Waals surface area contributed by atoms with Crippen LogP contribution in [-0.4, -0.2) is 36.4 Å². The minimum atomic E-state index is -5.19. The van der Waals surface area contributed by atoms with Crippen molar-refractivity contribution in [3.63, 3.8) is 0 Å². The normalized spacial score (nSPS) is 16.5. The van der Waals surface area contributed by atoms with Crippen LogP contribution in [0.25, 0.3) is 0 Å². The predicted octanol–water partition coefficient (Wildman–Crippen LogP) is 2.91. The molecular formula is C24H24Cl2F3N3O3. The molecule has 3 rings (SSSR count). The summed E-state index contributed by atoms with van der Waals surface area (Å²) in [4.78, 5) is 21.3. The van der Waals surface area contributed by atoms with Crippen molar-refractivity contribution in [3.05, 3.63) is 82.0 Å². The number of halogens is 5. The van der Waals surface area contributed by atoms with Gasteiger partial charge in [-0.25, -0.2) is 0 Å². The summed E-state index contributed by atoms with van der Waals surface area (Å²) >= 11 is 12.1. The molecule has 0 fully saturated rings. The van der Waals surface area contributed by atoms with Gasteiger partial charge in [-0.15, -0.1) is 0 Å². The van der Waals surface area contributed by atoms with Gasteiger partial charge in [0.05, 0.1) is 5.71 Å². The number of nitrogens with zero attached hydrogens (tertiary/aromatic N) is 1. The van der Waals surface area contributed by atoms with Gasteiger partial charge >= 0.3 is 6.18 Å². The molecule has 1 aliphatic heterocycles. The first-order chi connectivity index (χ1) is 16.3. The van der Waals surface area contributed by atoms with Crippen LogP contribution >= 0.6 is 23.2 Å². The van der Waals surface area contributed by atoms with Crippen LogP contribution in [-0.2, 0) is 16.0 Å². The van der Waals surface area contributed by atoms with E-state index in [0.29, 0.717) is 10.0 Å². The van der Waals surface area contributed by atoms with Gasteiger partial charge in [-0.1, -0.05) is 52.6 Å². The van der Waals surface area contributed by atoms with Crippen molar-refractivity contribution >= 4 is 40.8 Å². The third-order valence-corrected chi connectivity index (χ3v) is 5.57. The molecule has 1 aliphatic rings. The largest absolute Gasteiger partial charge is 0.542 e. The van der Waals surface area contributed by atoms with Gasteiger partial charge in [0.15, 0.2) is 6.54 Å². The average Bonchev–Trinajstić information content (AvgIpc) is 3.18. The highest BCUT2D eigenvalue weighted by Gasteiger charge is 2.29. The number of nitrogens with one attached hydrogen (secondary N) is 2. The molecule has 2 aromatic rings. The Morgan fingerprint density at radius 2 is 1.57 bits per heavy atom. The van der Waals surface area contributed by atoms with Crippen molar-refractivity contribution in [2.45, 2.75) is 38.4 Å². The fraction of sp³-hybridized carbons (Fsp3) is 0.292. The number of hydrogen-bond donors (Lipinski definition) is 2. The molecule has 1 amide bonds. The number of allylic oxidation sites excluding steroid dienone is 1. The lowest BCUT2D eigenvalue weighted by Crippen LogP contribution is -3.03. The van der Waals surface area contributed by atoms with E-state index in [1.54, 1.807) is 0 Å². The number of quaternary nitrogens is 1. The molecular weight excluding hydrogens is 506 g/mol. The Morgan fingerprint density at radius 3 is 2.03 bits per heavy atom. The number of benzene rings is 2. The Balaban J connectivity index is 0.000000540. The highest BCUT2D eigenvalue weighted by molar-refractivity contribution is 6.30. The molecule has 1 heterocycles. The number of hydrogen-bond acceptors (Lipinski definition) is 4. The molecule has 2 N–H and O–H groups in total. The Morgan fingerprint density at radius 1 is 1.06 bits per heavy atom. The van der Waals surface area contributed by atoms with Crippen molar-refractivity contribution in [1.29, 1.82) is 0 Å². The van der Waals surface area contributed by atoms with Crippen LogP contribution in [0, 0.1) is 0 Å². The molecule has 0 aromatic heterocycles. The van der Waals surface area contributed by atoms with Crippen molar-refractivity contribution in [2.24, 2.45) is 5.10 Å². The number of carboxylic acids is 1. The Labute approximate surface area is 211 Å². The molecule has 0 radical (unpaired) electrons. The van der Waals surface area contributed by atoms with E-state index in [1.807, 2.05) is 74.7 Å². The van der Waals surface area contributed by atoms with E-state index in [-0.39, 0.29) is 24.4 Å². The summed E-state index contributed by atoms with van der Waals surface area (Å²) in [5, 5.41) is 18.5. The first kappa shape index (κ1) is 28.4. The Kier molecular flexibility index (Phi) is 10.3. The molecule has 3 atom stereocenters. The standard InChI is InChI=1S/C22H23Cl2N3O.C2HF3O2/c1-15-11-12-27(26-15)14-22(28)25-16(2)21(18-5-9-20(24)10-6-18)13-17-3-7-19(23)8-4-17;3-2(4,5)1(6)7/h3-12,16,21H,13-14H2,1-2H3,(H,25,28);(H,6,7)/t16-,21+;/m1./s1. The van der Waals surface area contributed by atoms with Gasteiger partial charge in [0.2, 0.25) is 0 Å². The van der Waals surface area contributed by atoms with Crippen molar-refractivity contribution < 1.29 is 32.9 Å². The first-order valence-electron chi connectivity index (χ1n) is 10.5. The van der Waals surface area contributed by atoms with Gasteiger partial charge < -0.3 is 15.2 Å². The zero-order valence-corrected chi connectivity index (χ0v) is 20.4. The fourth-order valence-corrected chi connectivity index (χ4v) is 3.61. The van der Waals surface area contributed by atoms with Crippen LogP contribution in [0.15, 0.2) is 65.9 Å². The Bertz CT molecular complexity index is 1070. The molecule has 1 unspecified atom stereocenters. The molecule has 35 heavy (non-hydrogen) atoms. The predicted molar refractivity (Wildman–Crippen MR) is 126 cm³/mol. The number of alkyl halides is 3. The maximum atomic E-state index is 12.5. The molecule has 0 spiro atoms. The maximum absolute atomic E-state index is 12.5. The topological polar surface area (TPSA) is 86.0 Å². The summed E-state index contributed by atoms with van der Waals surface area (Å²) in [6.07, 6.45) is -0.596. The number of aliphatic carboxylic acids is 1. The van der Waals surface area contributed by atoms with Crippen LogP contribution in [0.4, 0.5) is 13.2 Å². The number of carbonyl (C=O) groups excluding carboxylic acids is 2. The lowest BCUT2D eigenvalue weighted by molar-refractivity contribution is -0.842. The van der Waals surface area contributed by atoms with E-state index in [4.69, 9.17) is 33.1 Å². The smallest absolute Gasteiger partial charge is 0.430 e. The van der Waals surface area contributed by atoms with Crippen molar-refractivity contribution in [1.82, 2.24) is 5.32 Å². The van der Waals surface area contributed by atoms with Gasteiger partial charge in [0.1, 0.15) is 12.2 Å². The van der Waals surface area contributed by atoms with Gasteiger partial charge in [0.25, 0.3) is 5.91 Å². The zero-order valence-electron chi connectivity index (χ0n) is 18.9. The van der Waals surface area contributed by atoms with E-state index in [9.17, 15) is 18.0 Å². The summed E-state index contributed by atoms with van der Waals surface area (Å²) < 4.78 is 31.5. The van der Waals surface area contributed by atoms with Crippen molar-refractivity contribution in [2.75, 3.05) is 6.54 Å². The van der Waals surface area contributed by atoms with Crippen LogP contribution in [0.5, 0.6) is 0 Å². The first-order valence-corrected chi connectivity index (χ1v) is 11.3. The molecule has 0 saturated heterocycles. The minimum Gasteiger partial charge on any atom is -0.542 e. The highest BCUT2D eigenvalue weighted by atomic mass is 35.5. The molecule has 11 heteroatoms. The summed E-state index contributed by atoms with van der Waals surface area (Å²) in [6.45, 7) is 4.25. The number of rotatable bonds is 7. The molecule has 0 bridgehead atoms. The quantitative estimate of drug-likeness (QED) is 0.578. The average molecular weight is 530 g/mol. The van der Waals surface area contributed by atoms with Crippen LogP contribution in [0.1, 0.15) is 30.9 Å². The summed E-state index contributed by atoms with van der Waals surface area (Å²) in [5.74, 6) is -2.93. The van der Waals surface area contributed by atoms with Gasteiger partial charge in [-0.2, -0.15) is 18.2 Å². The van der Waals surface area contributed by atoms with E-state index < -0.39 is 12.1 Å². The van der Waals surface area contributed by atoms with Gasteiger partial charge in [-0.3, -0.25) is 4.79 Å². The van der Waals surface area contributed by atoms with E-state index in [2.05, 4.69) is 10.4 Å². The summed E-state index contributed by atoms with van der Waals surface area (Å²) in [6, 6.07) is 15.6. The van der Waals surface area contributed by atoms with E-state index in [1.165, 1.54) is 5.56 Å². The molecule has 188 valence electrons. The zero-order chi connectivity index (χ0) is 26.2. The second-order valence-corrected chi connectivity index (χ2v) is 8.76. The third kappa shape index (κ3) is 9.71. The van der Waals surface area contributed by atoms with Crippen LogP contribution < -0.4 is 15.4 Å². The van der Waals surface area contributed by atoms with Crippen molar-refractivity contribution in [3.8, 4) is 0 Å². The Hall–Kier alpha value is -2.88. The maximum Gasteiger partial charge on any atom is 0.430 e. The summed E-state index contributed by atoms with van der Waals surface area (Å²) in [5.41, 5.74) is 3.23. The second kappa shape index (κ2) is 12.7. The lowest BCUT2D eigenvalue weighted by Gasteiger charge is -2.26. The highest BCUT2D eigenvalue weighted by Crippen LogP contribution is 2.26. The number of carboxylic acid groups (broad SMARTS) is 1.